The molecule has 3 aromatic rings. The highest BCUT2D eigenvalue weighted by Crippen LogP contribution is 2.34. The first-order valence-electron chi connectivity index (χ1n) is 12.5. The SMILES string of the molecule is C=N/C(=C\C(=C/C)Oc1cnc2nc(Nc3cc4n(n3)CCN(C)C4=O)n(C)c2c1Cl)NC(=O)O[C@H]1CCOC1. The molecule has 0 radical (unpaired) electrons. The smallest absolute Gasteiger partial charge is 0.413 e. The number of nitrogens with zero attached hydrogens (tertiary/aromatic N) is 7. The summed E-state index contributed by atoms with van der Waals surface area (Å²) in [7, 11) is 3.52. The lowest BCUT2D eigenvalue weighted by Crippen LogP contribution is -2.37. The molecule has 0 spiro atoms. The fourth-order valence-electron chi connectivity index (χ4n) is 4.22. The number of carbonyl (C=O) groups excluding carboxylic acids is 2. The highest BCUT2D eigenvalue weighted by Gasteiger charge is 2.25. The number of allylic oxidation sites excluding steroid dienone is 2. The average Bonchev–Trinajstić information content (AvgIpc) is 3.67. The molecule has 1 atom stereocenters. The summed E-state index contributed by atoms with van der Waals surface area (Å²) in [5.41, 5.74) is 1.40. The monoisotopic (exact) mass is 569 g/mol. The van der Waals surface area contributed by atoms with Crippen molar-refractivity contribution in [1.29, 1.82) is 0 Å². The van der Waals surface area contributed by atoms with Gasteiger partial charge in [0.15, 0.2) is 17.2 Å². The van der Waals surface area contributed by atoms with Gasteiger partial charge in [0.25, 0.3) is 5.91 Å². The van der Waals surface area contributed by atoms with Crippen LogP contribution in [-0.2, 0) is 23.1 Å². The Morgan fingerprint density at radius 2 is 2.17 bits per heavy atom. The number of likely N-dealkylation sites (N-methyl/N-ethyl adjacent to an activating group) is 1. The third-order valence-corrected chi connectivity index (χ3v) is 6.76. The van der Waals surface area contributed by atoms with Crippen LogP contribution >= 0.6 is 11.6 Å². The Hall–Kier alpha value is -4.43. The van der Waals surface area contributed by atoms with Crippen molar-refractivity contribution in [3.63, 3.8) is 0 Å². The number of aryl methyl sites for hydroxylation is 1. The van der Waals surface area contributed by atoms with Gasteiger partial charge in [0.05, 0.1) is 26.0 Å². The van der Waals surface area contributed by atoms with Crippen LogP contribution in [0.1, 0.15) is 23.8 Å². The van der Waals surface area contributed by atoms with Crippen LogP contribution in [0, 0.1) is 0 Å². The molecule has 0 bridgehead atoms. The topological polar surface area (TPSA) is 150 Å². The number of nitrogens with one attached hydrogen (secondary N) is 2. The number of amides is 2. The fraction of sp³-hybridized carbons (Fsp3) is 0.360. The predicted molar refractivity (Wildman–Crippen MR) is 147 cm³/mol. The highest BCUT2D eigenvalue weighted by atomic mass is 35.5. The minimum atomic E-state index is -0.671. The molecule has 15 heteroatoms. The Kier molecular flexibility index (Phi) is 7.71. The number of ether oxygens (including phenoxy) is 3. The lowest BCUT2D eigenvalue weighted by atomic mass is 10.3. The van der Waals surface area contributed by atoms with E-state index in [4.69, 9.17) is 25.8 Å². The van der Waals surface area contributed by atoms with E-state index in [2.05, 4.69) is 37.4 Å². The lowest BCUT2D eigenvalue weighted by molar-refractivity contribution is 0.0742. The van der Waals surface area contributed by atoms with E-state index in [0.29, 0.717) is 67.1 Å². The number of aromatic nitrogens is 5. The minimum absolute atomic E-state index is 0.0950. The summed E-state index contributed by atoms with van der Waals surface area (Å²) in [5.74, 6) is 1.52. The van der Waals surface area contributed by atoms with Crippen LogP contribution in [-0.4, -0.2) is 80.8 Å². The number of anilines is 2. The van der Waals surface area contributed by atoms with Crippen LogP contribution in [0.3, 0.4) is 0 Å². The Bertz CT molecular complexity index is 1540. The van der Waals surface area contributed by atoms with E-state index in [1.807, 2.05) is 0 Å². The van der Waals surface area contributed by atoms with Gasteiger partial charge in [-0.25, -0.2) is 14.8 Å². The first-order valence-corrected chi connectivity index (χ1v) is 12.8. The van der Waals surface area contributed by atoms with Gasteiger partial charge in [0.2, 0.25) is 5.95 Å². The average molecular weight is 570 g/mol. The Morgan fingerprint density at radius 1 is 1.35 bits per heavy atom. The molecule has 2 aliphatic heterocycles. The fourth-order valence-corrected chi connectivity index (χ4v) is 4.52. The molecule has 1 saturated heterocycles. The van der Waals surface area contributed by atoms with Gasteiger partial charge in [0.1, 0.15) is 33.9 Å². The molecule has 2 amide bonds. The second kappa shape index (κ2) is 11.4. The lowest BCUT2D eigenvalue weighted by Gasteiger charge is -2.22. The van der Waals surface area contributed by atoms with Crippen molar-refractivity contribution in [2.45, 2.75) is 26.0 Å². The van der Waals surface area contributed by atoms with Crippen molar-refractivity contribution in [1.82, 2.24) is 34.5 Å². The number of hydrogen-bond acceptors (Lipinski definition) is 10. The molecule has 5 rings (SSSR count). The summed E-state index contributed by atoms with van der Waals surface area (Å²) in [4.78, 5) is 39.0. The number of fused-ring (bicyclic) bond motifs is 2. The molecule has 0 saturated carbocycles. The van der Waals surface area contributed by atoms with Crippen LogP contribution in [0.2, 0.25) is 5.02 Å². The summed E-state index contributed by atoms with van der Waals surface area (Å²) in [6.07, 6.45) is 4.26. The number of imidazole rings is 1. The standard InChI is InChI=1S/C25H28ClN9O5/c1-5-14(10-18(27-2)30-25(37)40-15-6-9-38-13-15)39-17-12-28-22-21(20(17)26)34(4)24(31-22)29-19-11-16-23(36)33(3)7-8-35(16)32-19/h5,10-12,15H,2,6-9,13H2,1,3-4H3,(H,30,37)(H,28,29,31,32)/b14-5+,18-10+/t15-/m0/s1. The molecule has 210 valence electrons. The summed E-state index contributed by atoms with van der Waals surface area (Å²) in [5, 5.41) is 10.4. The molecule has 2 N–H and O–H groups in total. The van der Waals surface area contributed by atoms with Crippen molar-refractivity contribution in [2.24, 2.45) is 12.0 Å². The van der Waals surface area contributed by atoms with Crippen molar-refractivity contribution in [2.75, 3.05) is 32.1 Å². The first-order chi connectivity index (χ1) is 19.3. The second-order valence-electron chi connectivity index (χ2n) is 9.09. The Balaban J connectivity index is 1.33. The third kappa shape index (κ3) is 5.49. The molecule has 5 heterocycles. The zero-order valence-corrected chi connectivity index (χ0v) is 22.9. The van der Waals surface area contributed by atoms with Gasteiger partial charge in [-0.1, -0.05) is 11.6 Å². The maximum absolute atomic E-state index is 12.4. The zero-order chi connectivity index (χ0) is 28.4. The van der Waals surface area contributed by atoms with E-state index in [-0.39, 0.29) is 28.6 Å². The zero-order valence-electron chi connectivity index (χ0n) is 22.2. The number of pyridine rings is 1. The molecular weight excluding hydrogens is 542 g/mol. The van der Waals surface area contributed by atoms with Gasteiger partial charge in [-0.3, -0.25) is 14.8 Å². The van der Waals surface area contributed by atoms with E-state index in [0.717, 1.165) is 0 Å². The molecule has 40 heavy (non-hydrogen) atoms. The van der Waals surface area contributed by atoms with Gasteiger partial charge in [-0.2, -0.15) is 10.1 Å². The molecule has 0 unspecified atom stereocenters. The highest BCUT2D eigenvalue weighted by molar-refractivity contribution is 6.36. The van der Waals surface area contributed by atoms with Crippen molar-refractivity contribution in [3.05, 3.63) is 46.7 Å². The molecule has 3 aromatic heterocycles. The van der Waals surface area contributed by atoms with Crippen molar-refractivity contribution < 1.29 is 23.8 Å². The van der Waals surface area contributed by atoms with Crippen molar-refractivity contribution in [3.8, 4) is 5.75 Å². The Morgan fingerprint density at radius 3 is 2.90 bits per heavy atom. The number of halogens is 1. The maximum atomic E-state index is 12.4. The summed E-state index contributed by atoms with van der Waals surface area (Å²) in [6, 6.07) is 1.68. The molecule has 1 fully saturated rings. The summed E-state index contributed by atoms with van der Waals surface area (Å²) in [6.45, 7) is 7.35. The van der Waals surface area contributed by atoms with Gasteiger partial charge < -0.3 is 29.0 Å². The van der Waals surface area contributed by atoms with E-state index in [1.165, 1.54) is 12.3 Å². The van der Waals surface area contributed by atoms with Crippen molar-refractivity contribution >= 4 is 53.2 Å². The van der Waals surface area contributed by atoms with Crippen LogP contribution in [0.5, 0.6) is 5.75 Å². The number of hydrogen-bond donors (Lipinski definition) is 2. The normalized spacial score (nSPS) is 17.6. The summed E-state index contributed by atoms with van der Waals surface area (Å²) >= 11 is 6.72. The quantitative estimate of drug-likeness (QED) is 0.237. The molecule has 2 aliphatic rings. The minimum Gasteiger partial charge on any atom is -0.454 e. The van der Waals surface area contributed by atoms with E-state index >= 15 is 0 Å². The largest absolute Gasteiger partial charge is 0.454 e. The van der Waals surface area contributed by atoms with Gasteiger partial charge in [0, 0.05) is 39.2 Å². The van der Waals surface area contributed by atoms with Gasteiger partial charge in [-0.15, -0.1) is 0 Å². The molecule has 0 aliphatic carbocycles. The Labute approximate surface area is 234 Å². The summed E-state index contributed by atoms with van der Waals surface area (Å²) < 4.78 is 19.9. The number of rotatable bonds is 8. The van der Waals surface area contributed by atoms with Crippen LogP contribution < -0.4 is 15.4 Å². The van der Waals surface area contributed by atoms with E-state index < -0.39 is 6.09 Å². The maximum Gasteiger partial charge on any atom is 0.413 e. The molecule has 0 aromatic carbocycles. The number of carbonyl (C=O) groups is 2. The first kappa shape index (κ1) is 27.1. The van der Waals surface area contributed by atoms with Gasteiger partial charge >= 0.3 is 6.09 Å². The number of alkyl carbamates (subject to hydrolysis) is 1. The van der Waals surface area contributed by atoms with Crippen LogP contribution in [0.15, 0.2) is 41.0 Å². The van der Waals surface area contributed by atoms with Crippen LogP contribution in [0.25, 0.3) is 11.2 Å². The molecular formula is C25H28ClN9O5. The van der Waals surface area contributed by atoms with E-state index in [9.17, 15) is 9.59 Å². The number of aliphatic imine (C=N–C) groups is 1. The third-order valence-electron chi connectivity index (χ3n) is 6.39. The predicted octanol–water partition coefficient (Wildman–Crippen LogP) is 2.99. The van der Waals surface area contributed by atoms with E-state index in [1.54, 1.807) is 47.3 Å². The van der Waals surface area contributed by atoms with Crippen LogP contribution in [0.4, 0.5) is 16.6 Å². The molecule has 14 nitrogen and oxygen atoms in total. The second-order valence-corrected chi connectivity index (χ2v) is 9.47. The van der Waals surface area contributed by atoms with Gasteiger partial charge in [-0.05, 0) is 19.7 Å².